The number of nitrogens with zero attached hydrogens (tertiary/aromatic N) is 2. The van der Waals surface area contributed by atoms with Crippen LogP contribution in [0.5, 0.6) is 0 Å². The largest absolute Gasteiger partial charge is 0.298 e. The molecule has 1 amide bonds. The van der Waals surface area contributed by atoms with Gasteiger partial charge in [-0.05, 0) is 55.5 Å². The minimum atomic E-state index is -4.02. The van der Waals surface area contributed by atoms with Crippen molar-refractivity contribution in [2.24, 2.45) is 0 Å². The highest BCUT2D eigenvalue weighted by Crippen LogP contribution is 2.32. The highest BCUT2D eigenvalue weighted by molar-refractivity contribution is 7.92. The van der Waals surface area contributed by atoms with Crippen molar-refractivity contribution in [3.8, 4) is 10.6 Å². The number of carbonyl (C=O) groups is 1. The lowest BCUT2D eigenvalue weighted by molar-refractivity contribution is 0.102. The number of nitrogens with one attached hydrogen (secondary N) is 2. The molecule has 10 heteroatoms. The van der Waals surface area contributed by atoms with E-state index < -0.39 is 21.7 Å². The molecular weight excluding hydrogens is 451 g/mol. The third-order valence-corrected chi connectivity index (χ3v) is 6.93. The molecule has 0 bridgehead atoms. The normalized spacial score (nSPS) is 11.2. The van der Waals surface area contributed by atoms with Gasteiger partial charge in [0.05, 0.1) is 32.4 Å². The van der Waals surface area contributed by atoms with Gasteiger partial charge < -0.3 is 0 Å². The molecule has 162 valence electrons. The second kappa shape index (κ2) is 8.85. The van der Waals surface area contributed by atoms with E-state index in [-0.39, 0.29) is 16.1 Å². The minimum absolute atomic E-state index is 0.0903. The van der Waals surface area contributed by atoms with Crippen molar-refractivity contribution < 1.29 is 17.6 Å². The highest BCUT2D eigenvalue weighted by Gasteiger charge is 2.20. The lowest BCUT2D eigenvalue weighted by Crippen LogP contribution is -2.18. The van der Waals surface area contributed by atoms with Crippen molar-refractivity contribution in [3.63, 3.8) is 0 Å². The number of aryl methyl sites for hydroxylation is 1. The maximum Gasteiger partial charge on any atom is 0.261 e. The summed E-state index contributed by atoms with van der Waals surface area (Å²) in [6.45, 7) is 1.82. The molecule has 0 aliphatic heterocycles. The number of rotatable bonds is 6. The number of sulfonamides is 1. The van der Waals surface area contributed by atoms with Crippen molar-refractivity contribution in [1.82, 2.24) is 9.97 Å². The van der Waals surface area contributed by atoms with E-state index in [0.29, 0.717) is 10.8 Å². The molecule has 0 saturated carbocycles. The number of para-hydroxylation sites is 1. The number of hydrogen-bond acceptors (Lipinski definition) is 6. The Morgan fingerprint density at radius 2 is 1.72 bits per heavy atom. The number of pyridine rings is 1. The van der Waals surface area contributed by atoms with E-state index in [9.17, 15) is 17.6 Å². The molecule has 2 heterocycles. The number of aromatic nitrogens is 2. The molecule has 2 N–H and O–H groups in total. The van der Waals surface area contributed by atoms with Crippen LogP contribution in [0.25, 0.3) is 10.6 Å². The highest BCUT2D eigenvalue weighted by atomic mass is 32.2. The van der Waals surface area contributed by atoms with Crippen molar-refractivity contribution >= 4 is 38.1 Å². The van der Waals surface area contributed by atoms with Crippen molar-refractivity contribution in [3.05, 3.63) is 90.0 Å². The minimum Gasteiger partial charge on any atom is -0.298 e. The molecule has 0 unspecified atom stereocenters. The average Bonchev–Trinajstić information content (AvgIpc) is 3.14. The fourth-order valence-electron chi connectivity index (χ4n) is 2.94. The molecule has 4 rings (SSSR count). The fraction of sp³-hybridized carbons (Fsp3) is 0.0455. The molecule has 4 aromatic rings. The number of amides is 1. The quantitative estimate of drug-likeness (QED) is 0.427. The monoisotopic (exact) mass is 468 g/mol. The van der Waals surface area contributed by atoms with Gasteiger partial charge in [0.25, 0.3) is 15.9 Å². The smallest absolute Gasteiger partial charge is 0.261 e. The summed E-state index contributed by atoms with van der Waals surface area (Å²) in [5, 5.41) is 3.08. The molecule has 0 radical (unpaired) electrons. The topological polar surface area (TPSA) is 101 Å². The summed E-state index contributed by atoms with van der Waals surface area (Å²) in [7, 11) is -4.02. The lowest BCUT2D eigenvalue weighted by atomic mass is 10.2. The molecule has 0 saturated heterocycles. The van der Waals surface area contributed by atoms with E-state index in [1.165, 1.54) is 23.5 Å². The molecule has 2 aromatic carbocycles. The van der Waals surface area contributed by atoms with Crippen LogP contribution in [0.1, 0.15) is 16.1 Å². The SMILES string of the molecule is Cc1nc(NC(=O)c2ccccc2NS(=O)(=O)c2ccc(F)cc2)sc1-c1ccccn1. The zero-order chi connectivity index (χ0) is 22.7. The first kappa shape index (κ1) is 21.6. The molecule has 0 atom stereocenters. The Morgan fingerprint density at radius 1 is 1.00 bits per heavy atom. The van der Waals surface area contributed by atoms with Crippen LogP contribution in [0.4, 0.5) is 15.2 Å². The summed E-state index contributed by atoms with van der Waals surface area (Å²) in [4.78, 5) is 22.3. The summed E-state index contributed by atoms with van der Waals surface area (Å²) >= 11 is 1.27. The van der Waals surface area contributed by atoms with Crippen LogP contribution in [-0.4, -0.2) is 24.3 Å². The third-order valence-electron chi connectivity index (χ3n) is 4.45. The predicted molar refractivity (Wildman–Crippen MR) is 122 cm³/mol. The Kier molecular flexibility index (Phi) is 5.97. The van der Waals surface area contributed by atoms with Gasteiger partial charge in [-0.2, -0.15) is 0 Å². The summed E-state index contributed by atoms with van der Waals surface area (Å²) in [5.41, 5.74) is 1.67. The Morgan fingerprint density at radius 3 is 2.44 bits per heavy atom. The van der Waals surface area contributed by atoms with Gasteiger partial charge in [-0.1, -0.05) is 29.5 Å². The molecule has 0 spiro atoms. The third kappa shape index (κ3) is 4.66. The summed E-state index contributed by atoms with van der Waals surface area (Å²) in [5.74, 6) is -1.07. The molecule has 0 fully saturated rings. The Labute approximate surface area is 188 Å². The van der Waals surface area contributed by atoms with Gasteiger partial charge in [0, 0.05) is 6.20 Å². The van der Waals surface area contributed by atoms with Crippen LogP contribution in [-0.2, 0) is 10.0 Å². The number of thiazole rings is 1. The zero-order valence-electron chi connectivity index (χ0n) is 16.7. The second-order valence-electron chi connectivity index (χ2n) is 6.71. The first-order valence-corrected chi connectivity index (χ1v) is 11.7. The van der Waals surface area contributed by atoms with Gasteiger partial charge in [-0.15, -0.1) is 0 Å². The van der Waals surface area contributed by atoms with Gasteiger partial charge >= 0.3 is 0 Å². The van der Waals surface area contributed by atoms with E-state index in [1.54, 1.807) is 18.3 Å². The fourth-order valence-corrected chi connectivity index (χ4v) is 4.95. The Balaban J connectivity index is 1.58. The van der Waals surface area contributed by atoms with E-state index in [2.05, 4.69) is 20.0 Å². The van der Waals surface area contributed by atoms with Gasteiger partial charge in [-0.25, -0.2) is 17.8 Å². The lowest BCUT2D eigenvalue weighted by Gasteiger charge is -2.12. The molecule has 7 nitrogen and oxygen atoms in total. The number of halogens is 1. The molecule has 0 aliphatic rings. The second-order valence-corrected chi connectivity index (χ2v) is 9.39. The van der Waals surface area contributed by atoms with Crippen LogP contribution in [0.3, 0.4) is 0 Å². The van der Waals surface area contributed by atoms with Gasteiger partial charge in [-0.3, -0.25) is 19.8 Å². The van der Waals surface area contributed by atoms with Gasteiger partial charge in [0.2, 0.25) is 0 Å². The van der Waals surface area contributed by atoms with E-state index >= 15 is 0 Å². The van der Waals surface area contributed by atoms with E-state index in [4.69, 9.17) is 0 Å². The first-order valence-electron chi connectivity index (χ1n) is 9.41. The number of anilines is 2. The van der Waals surface area contributed by atoms with Crippen LogP contribution in [0.2, 0.25) is 0 Å². The zero-order valence-corrected chi connectivity index (χ0v) is 18.4. The standard InChI is InChI=1S/C22H17FN4O3S2/c1-14-20(19-8-4-5-13-24-19)31-22(25-14)26-21(28)17-6-2-3-7-18(17)27-32(29,30)16-11-9-15(23)10-12-16/h2-13,27H,1H3,(H,25,26,28). The number of benzene rings is 2. The van der Waals surface area contributed by atoms with Crippen molar-refractivity contribution in [2.75, 3.05) is 10.0 Å². The van der Waals surface area contributed by atoms with Crippen molar-refractivity contribution in [1.29, 1.82) is 0 Å². The average molecular weight is 469 g/mol. The van der Waals surface area contributed by atoms with Crippen LogP contribution in [0, 0.1) is 12.7 Å². The maximum absolute atomic E-state index is 13.1. The van der Waals surface area contributed by atoms with Crippen molar-refractivity contribution in [2.45, 2.75) is 11.8 Å². The maximum atomic E-state index is 13.1. The Bertz CT molecular complexity index is 1370. The molecule has 0 aliphatic carbocycles. The van der Waals surface area contributed by atoms with E-state index in [1.807, 2.05) is 25.1 Å². The number of carbonyl (C=O) groups excluding carboxylic acids is 1. The first-order chi connectivity index (χ1) is 15.3. The number of hydrogen-bond donors (Lipinski definition) is 2. The van der Waals surface area contributed by atoms with Gasteiger partial charge in [0.1, 0.15) is 5.82 Å². The van der Waals surface area contributed by atoms with E-state index in [0.717, 1.165) is 34.8 Å². The summed E-state index contributed by atoms with van der Waals surface area (Å²) in [6, 6.07) is 16.1. The predicted octanol–water partition coefficient (Wildman–Crippen LogP) is 4.71. The molecular formula is C22H17FN4O3S2. The molecule has 2 aromatic heterocycles. The summed E-state index contributed by atoms with van der Waals surface area (Å²) < 4.78 is 40.9. The Hall–Kier alpha value is -3.63. The van der Waals surface area contributed by atoms with Gasteiger partial charge in [0.15, 0.2) is 5.13 Å². The van der Waals surface area contributed by atoms with Crippen LogP contribution in [0.15, 0.2) is 77.8 Å². The molecule has 32 heavy (non-hydrogen) atoms. The van der Waals surface area contributed by atoms with Crippen LogP contribution < -0.4 is 10.0 Å². The summed E-state index contributed by atoms with van der Waals surface area (Å²) in [6.07, 6.45) is 1.68. The van der Waals surface area contributed by atoms with Crippen LogP contribution >= 0.6 is 11.3 Å².